The molecule has 1 rings (SSSR count). The van der Waals surface area contributed by atoms with Gasteiger partial charge in [0.2, 0.25) is 0 Å². The van der Waals surface area contributed by atoms with Crippen LogP contribution in [0.1, 0.15) is 12.5 Å². The minimum atomic E-state index is -0.837. The zero-order chi connectivity index (χ0) is 9.84. The summed E-state index contributed by atoms with van der Waals surface area (Å²) in [6, 6.07) is 4.06. The number of hydrogen-bond donors (Lipinski definition) is 0. The van der Waals surface area contributed by atoms with Crippen molar-refractivity contribution in [3.8, 4) is 0 Å². The Morgan fingerprint density at radius 2 is 2.15 bits per heavy atom. The highest BCUT2D eigenvalue weighted by Crippen LogP contribution is 2.15. The van der Waals surface area contributed by atoms with E-state index in [1.54, 1.807) is 6.92 Å². The fraction of sp³-hybridized carbons (Fsp3) is 0.200. The van der Waals surface area contributed by atoms with E-state index in [9.17, 15) is 8.78 Å². The number of allylic oxidation sites excluding steroid dienone is 1. The second-order valence-electron chi connectivity index (χ2n) is 2.77. The molecule has 0 amide bonds. The summed E-state index contributed by atoms with van der Waals surface area (Å²) in [7, 11) is 0. The van der Waals surface area contributed by atoms with Gasteiger partial charge in [-0.25, -0.2) is 8.78 Å². The van der Waals surface area contributed by atoms with E-state index in [1.807, 2.05) is 0 Å². The summed E-state index contributed by atoms with van der Waals surface area (Å²) in [4.78, 5) is 0. The quantitative estimate of drug-likeness (QED) is 0.643. The van der Waals surface area contributed by atoms with Crippen LogP contribution in [0.4, 0.5) is 8.78 Å². The van der Waals surface area contributed by atoms with Crippen LogP contribution in [0, 0.1) is 11.6 Å². The molecule has 1 aromatic carbocycles. The Hall–Kier alpha value is -0.890. The number of benzene rings is 1. The lowest BCUT2D eigenvalue weighted by Crippen LogP contribution is -1.88. The Bertz CT molecular complexity index is 332. The summed E-state index contributed by atoms with van der Waals surface area (Å²) in [5, 5.41) is 0. The molecule has 13 heavy (non-hydrogen) atoms. The normalized spacial score (nSPS) is 11.8. The highest BCUT2D eigenvalue weighted by molar-refractivity contribution is 6.19. The lowest BCUT2D eigenvalue weighted by atomic mass is 10.1. The van der Waals surface area contributed by atoms with E-state index in [4.69, 9.17) is 11.6 Å². The molecule has 0 radical (unpaired) electrons. The molecule has 0 aliphatic rings. The van der Waals surface area contributed by atoms with E-state index < -0.39 is 11.6 Å². The second kappa shape index (κ2) is 4.38. The van der Waals surface area contributed by atoms with Gasteiger partial charge in [0.05, 0.1) is 0 Å². The third kappa shape index (κ3) is 2.52. The van der Waals surface area contributed by atoms with Gasteiger partial charge in [-0.15, -0.1) is 11.6 Å². The molecule has 0 heterocycles. The lowest BCUT2D eigenvalue weighted by Gasteiger charge is -1.99. The summed E-state index contributed by atoms with van der Waals surface area (Å²) in [6.07, 6.45) is 1.53. The minimum absolute atomic E-state index is 0.234. The zero-order valence-corrected chi connectivity index (χ0v) is 7.91. The predicted octanol–water partition coefficient (Wildman–Crippen LogP) is 3.61. The van der Waals surface area contributed by atoms with Gasteiger partial charge in [0, 0.05) is 11.4 Å². The van der Waals surface area contributed by atoms with Gasteiger partial charge < -0.3 is 0 Å². The minimum Gasteiger partial charge on any atom is -0.204 e. The smallest absolute Gasteiger partial charge is 0.166 e. The van der Waals surface area contributed by atoms with E-state index in [2.05, 4.69) is 0 Å². The molecule has 0 aromatic heterocycles. The average Bonchev–Trinajstić information content (AvgIpc) is 2.13. The van der Waals surface area contributed by atoms with E-state index in [0.29, 0.717) is 5.88 Å². The van der Waals surface area contributed by atoms with E-state index in [1.165, 1.54) is 18.2 Å². The van der Waals surface area contributed by atoms with Crippen molar-refractivity contribution in [1.82, 2.24) is 0 Å². The SMILES string of the molecule is C/C(=C/c1cccc(F)c1F)CCl. The van der Waals surface area contributed by atoms with Crippen molar-refractivity contribution < 1.29 is 8.78 Å². The van der Waals surface area contributed by atoms with Crippen molar-refractivity contribution in [2.45, 2.75) is 6.92 Å². The molecule has 0 saturated carbocycles. The highest BCUT2D eigenvalue weighted by Gasteiger charge is 2.04. The van der Waals surface area contributed by atoms with E-state index >= 15 is 0 Å². The van der Waals surface area contributed by atoms with Crippen molar-refractivity contribution >= 4 is 17.7 Å². The first-order valence-corrected chi connectivity index (χ1v) is 4.35. The predicted molar refractivity (Wildman–Crippen MR) is 50.7 cm³/mol. The molecule has 70 valence electrons. The maximum Gasteiger partial charge on any atom is 0.166 e. The summed E-state index contributed by atoms with van der Waals surface area (Å²) in [5.74, 6) is -1.35. The zero-order valence-electron chi connectivity index (χ0n) is 7.15. The molecule has 0 atom stereocenters. The monoisotopic (exact) mass is 202 g/mol. The van der Waals surface area contributed by atoms with Crippen LogP contribution in [-0.2, 0) is 0 Å². The molecule has 0 saturated heterocycles. The molecule has 0 spiro atoms. The van der Waals surface area contributed by atoms with Crippen molar-refractivity contribution in [1.29, 1.82) is 0 Å². The first kappa shape index (κ1) is 10.2. The Labute approximate surface area is 80.8 Å². The largest absolute Gasteiger partial charge is 0.204 e. The molecule has 0 N–H and O–H groups in total. The van der Waals surface area contributed by atoms with Crippen LogP contribution in [0.2, 0.25) is 0 Å². The summed E-state index contributed by atoms with van der Waals surface area (Å²) >= 11 is 5.51. The van der Waals surface area contributed by atoms with Crippen LogP contribution in [-0.4, -0.2) is 5.88 Å². The molecule has 3 heteroatoms. The Morgan fingerprint density at radius 1 is 1.46 bits per heavy atom. The number of hydrogen-bond acceptors (Lipinski definition) is 0. The number of halogens is 3. The van der Waals surface area contributed by atoms with Crippen molar-refractivity contribution in [3.05, 3.63) is 41.0 Å². The van der Waals surface area contributed by atoms with Gasteiger partial charge >= 0.3 is 0 Å². The van der Waals surface area contributed by atoms with Crippen molar-refractivity contribution in [2.24, 2.45) is 0 Å². The lowest BCUT2D eigenvalue weighted by molar-refractivity contribution is 0.507. The van der Waals surface area contributed by atoms with Crippen molar-refractivity contribution in [3.63, 3.8) is 0 Å². The molecule has 0 nitrogen and oxygen atoms in total. The summed E-state index contributed by atoms with van der Waals surface area (Å²) in [5.41, 5.74) is 1.03. The van der Waals surface area contributed by atoms with Crippen LogP contribution in [0.25, 0.3) is 6.08 Å². The maximum atomic E-state index is 13.0. The highest BCUT2D eigenvalue weighted by atomic mass is 35.5. The van der Waals surface area contributed by atoms with Gasteiger partial charge in [-0.3, -0.25) is 0 Å². The average molecular weight is 203 g/mol. The Balaban J connectivity index is 3.09. The van der Waals surface area contributed by atoms with Crippen LogP contribution in [0.15, 0.2) is 23.8 Å². The topological polar surface area (TPSA) is 0 Å². The fourth-order valence-corrected chi connectivity index (χ4v) is 1.01. The van der Waals surface area contributed by atoms with E-state index in [-0.39, 0.29) is 5.56 Å². The van der Waals surface area contributed by atoms with Gasteiger partial charge in [-0.1, -0.05) is 23.8 Å². The molecule has 1 aromatic rings. The number of rotatable bonds is 2. The van der Waals surface area contributed by atoms with Gasteiger partial charge in [0.15, 0.2) is 11.6 Å². The molecular weight excluding hydrogens is 194 g/mol. The second-order valence-corrected chi connectivity index (χ2v) is 3.03. The van der Waals surface area contributed by atoms with Crippen LogP contribution >= 0.6 is 11.6 Å². The van der Waals surface area contributed by atoms with Gasteiger partial charge in [0.25, 0.3) is 0 Å². The molecular formula is C10H9ClF2. The van der Waals surface area contributed by atoms with Crippen molar-refractivity contribution in [2.75, 3.05) is 5.88 Å². The third-order valence-electron chi connectivity index (χ3n) is 1.59. The van der Waals surface area contributed by atoms with Gasteiger partial charge in [0.1, 0.15) is 0 Å². The first-order chi connectivity index (χ1) is 6.15. The fourth-order valence-electron chi connectivity index (χ4n) is 0.936. The maximum absolute atomic E-state index is 13.0. The third-order valence-corrected chi connectivity index (χ3v) is 2.02. The molecule has 0 bridgehead atoms. The molecule has 0 aliphatic carbocycles. The summed E-state index contributed by atoms with van der Waals surface area (Å²) < 4.78 is 25.7. The van der Waals surface area contributed by atoms with E-state index in [0.717, 1.165) is 11.6 Å². The number of alkyl halides is 1. The molecule has 0 unspecified atom stereocenters. The Morgan fingerprint density at radius 3 is 2.77 bits per heavy atom. The summed E-state index contributed by atoms with van der Waals surface area (Å²) in [6.45, 7) is 1.76. The van der Waals surface area contributed by atoms with Crippen LogP contribution in [0.3, 0.4) is 0 Å². The Kier molecular flexibility index (Phi) is 3.43. The van der Waals surface area contributed by atoms with Gasteiger partial charge in [-0.2, -0.15) is 0 Å². The van der Waals surface area contributed by atoms with Crippen LogP contribution < -0.4 is 0 Å². The standard InChI is InChI=1S/C10H9ClF2/c1-7(6-11)5-8-3-2-4-9(12)10(8)13/h2-5H,6H2,1H3/b7-5-. The first-order valence-electron chi connectivity index (χ1n) is 3.82. The molecule has 0 aliphatic heterocycles. The molecule has 0 fully saturated rings. The van der Waals surface area contributed by atoms with Crippen LogP contribution in [0.5, 0.6) is 0 Å². The van der Waals surface area contributed by atoms with Gasteiger partial charge in [-0.05, 0) is 13.0 Å².